The molecule has 1 atom stereocenters. The Balaban J connectivity index is 1.49. The summed E-state index contributed by atoms with van der Waals surface area (Å²) in [6.45, 7) is 3.66. The van der Waals surface area contributed by atoms with Crippen LogP contribution in [-0.4, -0.2) is 42.0 Å². The summed E-state index contributed by atoms with van der Waals surface area (Å²) >= 11 is 5.99. The van der Waals surface area contributed by atoms with Gasteiger partial charge in [-0.15, -0.1) is 0 Å². The molecule has 0 spiro atoms. The molecule has 4 nitrogen and oxygen atoms in total. The van der Waals surface area contributed by atoms with Gasteiger partial charge in [0.2, 0.25) is 0 Å². The number of hydrogen-bond donors (Lipinski definition) is 0. The number of rotatable bonds is 3. The van der Waals surface area contributed by atoms with Gasteiger partial charge in [0.05, 0.1) is 0 Å². The highest BCUT2D eigenvalue weighted by Crippen LogP contribution is 2.29. The number of pyridine rings is 1. The van der Waals surface area contributed by atoms with Crippen LogP contribution < -0.4 is 4.90 Å². The molecule has 25 heavy (non-hydrogen) atoms. The predicted octanol–water partition coefficient (Wildman–Crippen LogP) is 3.96. The van der Waals surface area contributed by atoms with E-state index in [9.17, 15) is 4.79 Å². The zero-order valence-corrected chi connectivity index (χ0v) is 15.0. The van der Waals surface area contributed by atoms with Gasteiger partial charge in [-0.05, 0) is 49.1 Å². The van der Waals surface area contributed by atoms with E-state index in [-0.39, 0.29) is 5.91 Å². The minimum absolute atomic E-state index is 0.114. The van der Waals surface area contributed by atoms with E-state index >= 15 is 0 Å². The Kier molecular flexibility index (Phi) is 4.62. The standard InChI is InChI=1S/C20H22ClN3O/c21-18-6-4-15(5-7-18)17-3-1-10-24(14-17)20(25)16-8-9-22-19(13-16)23-11-2-12-23/h4-9,13,17H,1-3,10-12,14H2/t17-/m0/s1. The Hall–Kier alpha value is -2.07. The fourth-order valence-corrected chi connectivity index (χ4v) is 3.75. The van der Waals surface area contributed by atoms with Crippen molar-refractivity contribution >= 4 is 23.3 Å². The smallest absolute Gasteiger partial charge is 0.254 e. The molecule has 0 radical (unpaired) electrons. The molecule has 0 unspecified atom stereocenters. The SMILES string of the molecule is O=C(c1ccnc(N2CCC2)c1)N1CCC[C@H](c2ccc(Cl)cc2)C1. The van der Waals surface area contributed by atoms with Gasteiger partial charge in [-0.2, -0.15) is 0 Å². The number of carbonyl (C=O) groups is 1. The lowest BCUT2D eigenvalue weighted by molar-refractivity contribution is 0.0707. The fraction of sp³-hybridized carbons (Fsp3) is 0.400. The topological polar surface area (TPSA) is 36.4 Å². The van der Waals surface area contributed by atoms with E-state index in [4.69, 9.17) is 11.6 Å². The molecule has 4 rings (SSSR count). The highest BCUT2D eigenvalue weighted by atomic mass is 35.5. The van der Waals surface area contributed by atoms with Crippen LogP contribution in [0.3, 0.4) is 0 Å². The first kappa shape index (κ1) is 16.4. The van der Waals surface area contributed by atoms with Crippen LogP contribution in [0.4, 0.5) is 5.82 Å². The van der Waals surface area contributed by atoms with Gasteiger partial charge >= 0.3 is 0 Å². The summed E-state index contributed by atoms with van der Waals surface area (Å²) in [6.07, 6.45) is 5.10. The van der Waals surface area contributed by atoms with Crippen LogP contribution in [0.2, 0.25) is 5.02 Å². The number of likely N-dealkylation sites (tertiary alicyclic amines) is 1. The number of piperidine rings is 1. The molecule has 2 saturated heterocycles. The molecule has 0 bridgehead atoms. The minimum atomic E-state index is 0.114. The third kappa shape index (κ3) is 3.49. The average molecular weight is 356 g/mol. The van der Waals surface area contributed by atoms with Gasteiger partial charge in [-0.3, -0.25) is 4.79 Å². The summed E-state index contributed by atoms with van der Waals surface area (Å²) in [6, 6.07) is 11.8. The van der Waals surface area contributed by atoms with Crippen molar-refractivity contribution in [2.24, 2.45) is 0 Å². The Morgan fingerprint density at radius 3 is 2.60 bits per heavy atom. The molecule has 1 aromatic heterocycles. The second-order valence-electron chi connectivity index (χ2n) is 6.89. The van der Waals surface area contributed by atoms with E-state index in [0.29, 0.717) is 5.92 Å². The van der Waals surface area contributed by atoms with Gasteiger partial charge in [-0.1, -0.05) is 23.7 Å². The zero-order chi connectivity index (χ0) is 17.2. The number of anilines is 1. The third-order valence-corrected chi connectivity index (χ3v) is 5.47. The molecular formula is C20H22ClN3O. The van der Waals surface area contributed by atoms with Crippen molar-refractivity contribution in [1.82, 2.24) is 9.88 Å². The highest BCUT2D eigenvalue weighted by Gasteiger charge is 2.26. The molecule has 1 aromatic carbocycles. The maximum atomic E-state index is 13.0. The van der Waals surface area contributed by atoms with Crippen molar-refractivity contribution in [1.29, 1.82) is 0 Å². The van der Waals surface area contributed by atoms with Crippen LogP contribution in [-0.2, 0) is 0 Å². The summed E-state index contributed by atoms with van der Waals surface area (Å²) in [5, 5.41) is 0.753. The fourth-order valence-electron chi connectivity index (χ4n) is 3.62. The third-order valence-electron chi connectivity index (χ3n) is 5.22. The van der Waals surface area contributed by atoms with E-state index in [1.54, 1.807) is 6.20 Å². The molecule has 1 amide bonds. The van der Waals surface area contributed by atoms with Gasteiger partial charge in [0.25, 0.3) is 5.91 Å². The molecule has 0 N–H and O–H groups in total. The molecule has 2 aliphatic rings. The number of halogens is 1. The first-order valence-corrected chi connectivity index (χ1v) is 9.34. The molecule has 2 fully saturated rings. The van der Waals surface area contributed by atoms with Crippen LogP contribution in [0.5, 0.6) is 0 Å². The molecule has 5 heteroatoms. The van der Waals surface area contributed by atoms with E-state index in [2.05, 4.69) is 22.0 Å². The van der Waals surface area contributed by atoms with Crippen LogP contribution >= 0.6 is 11.6 Å². The van der Waals surface area contributed by atoms with Crippen molar-refractivity contribution in [3.05, 3.63) is 58.7 Å². The van der Waals surface area contributed by atoms with Crippen molar-refractivity contribution in [3.63, 3.8) is 0 Å². The quantitative estimate of drug-likeness (QED) is 0.836. The highest BCUT2D eigenvalue weighted by molar-refractivity contribution is 6.30. The molecule has 0 aliphatic carbocycles. The van der Waals surface area contributed by atoms with Gasteiger partial charge in [-0.25, -0.2) is 4.98 Å². The minimum Gasteiger partial charge on any atom is -0.356 e. The lowest BCUT2D eigenvalue weighted by Gasteiger charge is -2.34. The van der Waals surface area contributed by atoms with Gasteiger partial charge in [0.1, 0.15) is 5.82 Å². The maximum absolute atomic E-state index is 13.0. The summed E-state index contributed by atoms with van der Waals surface area (Å²) in [5.41, 5.74) is 2.01. The van der Waals surface area contributed by atoms with Crippen molar-refractivity contribution in [2.75, 3.05) is 31.1 Å². The second-order valence-corrected chi connectivity index (χ2v) is 7.32. The molecule has 2 aromatic rings. The molecule has 3 heterocycles. The van der Waals surface area contributed by atoms with Gasteiger partial charge < -0.3 is 9.80 Å². The number of amides is 1. The van der Waals surface area contributed by atoms with E-state index in [1.165, 1.54) is 12.0 Å². The number of benzene rings is 1. The summed E-state index contributed by atoms with van der Waals surface area (Å²) in [5.74, 6) is 1.41. The number of carbonyl (C=O) groups excluding carboxylic acids is 1. The number of aromatic nitrogens is 1. The summed E-state index contributed by atoms with van der Waals surface area (Å²) < 4.78 is 0. The second kappa shape index (κ2) is 7.04. The van der Waals surface area contributed by atoms with Crippen LogP contribution in [0.15, 0.2) is 42.6 Å². The maximum Gasteiger partial charge on any atom is 0.254 e. The van der Waals surface area contributed by atoms with E-state index in [1.807, 2.05) is 29.2 Å². The predicted molar refractivity (Wildman–Crippen MR) is 100 cm³/mol. The summed E-state index contributed by atoms with van der Waals surface area (Å²) in [4.78, 5) is 21.6. The Morgan fingerprint density at radius 1 is 1.08 bits per heavy atom. The molecule has 130 valence electrons. The van der Waals surface area contributed by atoms with Crippen molar-refractivity contribution in [3.8, 4) is 0 Å². The Morgan fingerprint density at radius 2 is 1.88 bits per heavy atom. The van der Waals surface area contributed by atoms with E-state index < -0.39 is 0 Å². The first-order valence-electron chi connectivity index (χ1n) is 8.96. The average Bonchev–Trinajstić information content (AvgIpc) is 2.61. The van der Waals surface area contributed by atoms with Crippen LogP contribution in [0.25, 0.3) is 0 Å². The van der Waals surface area contributed by atoms with Crippen LogP contribution in [0, 0.1) is 0 Å². The normalized spacial score (nSPS) is 20.3. The molecule has 2 aliphatic heterocycles. The van der Waals surface area contributed by atoms with E-state index in [0.717, 1.165) is 55.4 Å². The Bertz CT molecular complexity index is 758. The van der Waals surface area contributed by atoms with Gasteiger partial charge in [0, 0.05) is 48.9 Å². The lowest BCUT2D eigenvalue weighted by atomic mass is 9.90. The largest absolute Gasteiger partial charge is 0.356 e. The van der Waals surface area contributed by atoms with Crippen molar-refractivity contribution < 1.29 is 4.79 Å². The van der Waals surface area contributed by atoms with Gasteiger partial charge in [0.15, 0.2) is 0 Å². The zero-order valence-electron chi connectivity index (χ0n) is 14.2. The molecule has 0 saturated carbocycles. The number of hydrogen-bond acceptors (Lipinski definition) is 3. The van der Waals surface area contributed by atoms with Crippen molar-refractivity contribution in [2.45, 2.75) is 25.2 Å². The lowest BCUT2D eigenvalue weighted by Crippen LogP contribution is -2.40. The number of nitrogens with zero attached hydrogens (tertiary/aromatic N) is 3. The summed E-state index contributed by atoms with van der Waals surface area (Å²) in [7, 11) is 0. The first-order chi connectivity index (χ1) is 12.2. The Labute approximate surface area is 153 Å². The molecular weight excluding hydrogens is 334 g/mol. The monoisotopic (exact) mass is 355 g/mol. The van der Waals surface area contributed by atoms with Crippen LogP contribution in [0.1, 0.15) is 41.1 Å².